The zero-order valence-electron chi connectivity index (χ0n) is 47.2. The van der Waals surface area contributed by atoms with Crippen LogP contribution in [0.4, 0.5) is 4.79 Å². The Bertz CT molecular complexity index is 1970. The van der Waals surface area contributed by atoms with E-state index in [2.05, 4.69) is 21.5 Å². The second kappa shape index (κ2) is 34.1. The summed E-state index contributed by atoms with van der Waals surface area (Å²) in [6, 6.07) is -3.65. The van der Waals surface area contributed by atoms with Crippen LogP contribution >= 0.6 is 69.6 Å². The number of aliphatic carboxylic acids is 1. The molecule has 452 valence electrons. The lowest BCUT2D eigenvalue weighted by Gasteiger charge is -2.35. The van der Waals surface area contributed by atoms with Crippen LogP contribution in [0.15, 0.2) is 0 Å². The molecule has 0 bridgehead atoms. The molecule has 5 N–H and O–H groups in total. The number of carbonyl (C=O) groups excluding carboxylic acids is 8. The summed E-state index contributed by atoms with van der Waals surface area (Å²) in [4.78, 5) is 110. The quantitative estimate of drug-likeness (QED) is 0.0491. The van der Waals surface area contributed by atoms with Gasteiger partial charge in [-0.3, -0.25) is 48.4 Å². The second-order valence-corrected chi connectivity index (χ2v) is 26.9. The van der Waals surface area contributed by atoms with Gasteiger partial charge < -0.3 is 48.9 Å². The van der Waals surface area contributed by atoms with Crippen molar-refractivity contribution in [3.05, 3.63) is 0 Å². The Labute approximate surface area is 488 Å². The Balaban J connectivity index is 0.00000123. The fourth-order valence-electron chi connectivity index (χ4n) is 6.89. The van der Waals surface area contributed by atoms with Crippen LogP contribution < -0.4 is 21.5 Å². The molecule has 0 aromatic rings. The molecule has 0 aromatic heterocycles. The number of alkyl carbamates (subject to hydrolysis) is 1. The summed E-state index contributed by atoms with van der Waals surface area (Å²) in [6.07, 6.45) is 0.953. The maximum Gasteiger partial charge on any atom is 0.408 e. The average molecular weight is 1240 g/mol. The van der Waals surface area contributed by atoms with Gasteiger partial charge >= 0.3 is 35.9 Å². The van der Waals surface area contributed by atoms with Gasteiger partial charge in [0.25, 0.3) is 11.8 Å². The number of amides is 4. The SMILES string of the molecule is CC(C)[C@H](CC(=O)OC(C)(C)C)C(=O)O.COC[C@H](NC(=O)OC(C)(C)C)C(=O)N1CCC[C@@H](C(=O)OCC(Cl)(Cl)Cl)N1.COC[C@H](NC(=O)[C@@H](CC(=O)OC(C)(C)C)C(C)C)C(=O)N1CCC[C@@H](C(=O)OCC(Cl)(Cl)Cl)N1. The molecular formula is C49H82Cl6N6O17. The number of halogens is 6. The number of alkyl halides is 6. The lowest BCUT2D eigenvalue weighted by Crippen LogP contribution is -2.61. The Morgan fingerprint density at radius 1 is 0.564 bits per heavy atom. The van der Waals surface area contributed by atoms with Crippen LogP contribution in [-0.4, -0.2) is 171 Å². The zero-order valence-corrected chi connectivity index (χ0v) is 51.8. The van der Waals surface area contributed by atoms with Crippen molar-refractivity contribution in [2.45, 2.75) is 177 Å². The largest absolute Gasteiger partial charge is 0.481 e. The molecule has 2 fully saturated rings. The molecule has 78 heavy (non-hydrogen) atoms. The number of nitrogens with zero attached hydrogens (tertiary/aromatic N) is 2. The van der Waals surface area contributed by atoms with E-state index in [9.17, 15) is 43.2 Å². The Hall–Kier alpha value is -3.39. The number of esters is 4. The standard InChI is InChI=1S/C22H36Cl3N3O7.C16H26Cl3N3O6.C11H20O4/c1-13(2)14(10-17(29)35-21(3,4)5)18(30)26-16(11-33-6)19(31)28-9-7-8-15(27-28)20(32)34-12-22(23,24)25;1-15(2,3)28-14(25)20-11(8-26-4)12(23)22-7-5-6-10(21-22)13(24)27-9-16(17,18)19;1-7(2)8(10(13)14)6-9(12)15-11(3,4)5/h13-16,27H,7-12H2,1-6H3,(H,26,30);10-11,21H,5-9H2,1-4H3,(H,20,25);7-8H,6H2,1-5H3,(H,13,14)/t14-,15-,16-;10-,11-;8-/m000/s1. The number of ether oxygens (including phenoxy) is 7. The van der Waals surface area contributed by atoms with Gasteiger partial charge in [0.05, 0.1) is 37.9 Å². The minimum atomic E-state index is -1.75. The van der Waals surface area contributed by atoms with Gasteiger partial charge in [0.2, 0.25) is 13.5 Å². The van der Waals surface area contributed by atoms with Gasteiger partial charge in [-0.25, -0.2) is 15.6 Å². The van der Waals surface area contributed by atoms with Gasteiger partial charge in [0.15, 0.2) is 0 Å². The highest BCUT2D eigenvalue weighted by atomic mass is 35.6. The molecule has 29 heteroatoms. The molecule has 0 spiro atoms. The van der Waals surface area contributed by atoms with Crippen molar-refractivity contribution in [3.8, 4) is 0 Å². The Morgan fingerprint density at radius 3 is 1.22 bits per heavy atom. The first-order valence-corrected chi connectivity index (χ1v) is 27.3. The van der Waals surface area contributed by atoms with Crippen LogP contribution in [0.5, 0.6) is 0 Å². The number of carboxylic acid groups (broad SMARTS) is 1. The van der Waals surface area contributed by atoms with Crippen molar-refractivity contribution >= 4 is 123 Å². The molecule has 6 atom stereocenters. The van der Waals surface area contributed by atoms with Crippen LogP contribution in [0.2, 0.25) is 0 Å². The number of carboxylic acids is 1. The van der Waals surface area contributed by atoms with Gasteiger partial charge in [-0.2, -0.15) is 0 Å². The molecule has 0 aliphatic carbocycles. The summed E-state index contributed by atoms with van der Waals surface area (Å²) < 4.78 is 32.2. The van der Waals surface area contributed by atoms with Gasteiger partial charge in [-0.1, -0.05) is 97.3 Å². The predicted octanol–water partition coefficient (Wildman–Crippen LogP) is 6.54. The van der Waals surface area contributed by atoms with Gasteiger partial charge in [-0.15, -0.1) is 0 Å². The molecule has 0 aromatic carbocycles. The fourth-order valence-corrected chi connectivity index (χ4v) is 7.22. The van der Waals surface area contributed by atoms with Crippen molar-refractivity contribution in [3.63, 3.8) is 0 Å². The van der Waals surface area contributed by atoms with Gasteiger partial charge in [0.1, 0.15) is 54.2 Å². The van der Waals surface area contributed by atoms with Crippen molar-refractivity contribution in [1.29, 1.82) is 0 Å². The third-order valence-corrected chi connectivity index (χ3v) is 11.0. The summed E-state index contributed by atoms with van der Waals surface area (Å²) in [5.74, 6) is -6.32. The van der Waals surface area contributed by atoms with Gasteiger partial charge in [-0.05, 0) is 99.8 Å². The van der Waals surface area contributed by atoms with E-state index in [4.69, 9.17) is 108 Å². The number of rotatable bonds is 20. The smallest absolute Gasteiger partial charge is 0.408 e. The first kappa shape index (κ1) is 74.6. The highest BCUT2D eigenvalue weighted by Crippen LogP contribution is 2.28. The number of nitrogens with one attached hydrogen (secondary N) is 4. The monoisotopic (exact) mass is 1240 g/mol. The fraction of sp³-hybridized carbons (Fsp3) is 0.816. The minimum absolute atomic E-state index is 0.0652. The molecule has 2 saturated heterocycles. The van der Waals surface area contributed by atoms with Gasteiger partial charge in [0, 0.05) is 27.3 Å². The van der Waals surface area contributed by atoms with E-state index in [1.54, 1.807) is 90.0 Å². The first-order valence-electron chi connectivity index (χ1n) is 25.1. The van der Waals surface area contributed by atoms with Crippen LogP contribution in [0.25, 0.3) is 0 Å². The van der Waals surface area contributed by atoms with Crippen LogP contribution in [-0.2, 0) is 71.5 Å². The summed E-state index contributed by atoms with van der Waals surface area (Å²) in [5.41, 5.74) is 3.64. The topological polar surface area (TPSA) is 293 Å². The van der Waals surface area contributed by atoms with E-state index in [1.165, 1.54) is 24.2 Å². The van der Waals surface area contributed by atoms with E-state index in [-0.39, 0.29) is 37.9 Å². The molecule has 0 radical (unpaired) electrons. The third kappa shape index (κ3) is 33.4. The predicted molar refractivity (Wildman–Crippen MR) is 292 cm³/mol. The highest BCUT2D eigenvalue weighted by Gasteiger charge is 2.38. The lowest BCUT2D eigenvalue weighted by atomic mass is 9.91. The molecule has 2 aliphatic rings. The van der Waals surface area contributed by atoms with E-state index < -0.39 is 127 Å². The summed E-state index contributed by atoms with van der Waals surface area (Å²) in [7, 11) is 2.80. The lowest BCUT2D eigenvalue weighted by molar-refractivity contribution is -0.160. The third-order valence-electron chi connectivity index (χ3n) is 10.4. The van der Waals surface area contributed by atoms with Crippen molar-refractivity contribution in [2.24, 2.45) is 23.7 Å². The molecular weight excluding hydrogens is 1160 g/mol. The van der Waals surface area contributed by atoms with E-state index in [0.29, 0.717) is 38.8 Å². The number of carbonyl (C=O) groups is 9. The molecule has 2 heterocycles. The summed E-state index contributed by atoms with van der Waals surface area (Å²) in [6.45, 7) is 22.4. The van der Waals surface area contributed by atoms with Crippen LogP contribution in [0.3, 0.4) is 0 Å². The van der Waals surface area contributed by atoms with Crippen molar-refractivity contribution < 1.29 is 81.4 Å². The number of hydrogen-bond acceptors (Lipinski definition) is 18. The normalized spacial score (nSPS) is 17.8. The molecule has 0 saturated carbocycles. The second-order valence-electron chi connectivity index (χ2n) is 21.9. The Morgan fingerprint density at radius 2 is 0.910 bits per heavy atom. The molecule has 0 unspecified atom stereocenters. The van der Waals surface area contributed by atoms with E-state index >= 15 is 0 Å². The molecule has 4 amide bonds. The highest BCUT2D eigenvalue weighted by molar-refractivity contribution is 6.68. The summed E-state index contributed by atoms with van der Waals surface area (Å²) in [5, 5.41) is 16.5. The van der Waals surface area contributed by atoms with E-state index in [1.807, 2.05) is 0 Å². The van der Waals surface area contributed by atoms with Crippen LogP contribution in [0, 0.1) is 23.7 Å². The Kier molecular flexibility index (Phi) is 32.7. The number of hydrogen-bond donors (Lipinski definition) is 5. The first-order chi connectivity index (χ1) is 35.5. The summed E-state index contributed by atoms with van der Waals surface area (Å²) >= 11 is 33.6. The number of methoxy groups -OCH3 is 2. The zero-order chi connectivity index (χ0) is 60.7. The van der Waals surface area contributed by atoms with Crippen LogP contribution in [0.1, 0.15) is 129 Å². The maximum absolute atomic E-state index is 13.2. The molecule has 2 aliphatic heterocycles. The minimum Gasteiger partial charge on any atom is -0.481 e. The molecule has 23 nitrogen and oxygen atoms in total. The molecule has 2 rings (SSSR count). The van der Waals surface area contributed by atoms with E-state index in [0.717, 1.165) is 0 Å². The van der Waals surface area contributed by atoms with Crippen molar-refractivity contribution in [1.82, 2.24) is 31.5 Å². The number of hydrazine groups is 2. The average Bonchev–Trinajstić information content (AvgIpc) is 3.28. The van der Waals surface area contributed by atoms with Crippen molar-refractivity contribution in [2.75, 3.05) is 53.7 Å². The maximum atomic E-state index is 13.2.